The van der Waals surface area contributed by atoms with E-state index in [1.165, 1.54) is 0 Å². The number of carbonyl (C=O) groups excluding carboxylic acids is 2. The van der Waals surface area contributed by atoms with Crippen molar-refractivity contribution < 1.29 is 14.3 Å². The van der Waals surface area contributed by atoms with Gasteiger partial charge in [-0.15, -0.1) is 0 Å². The minimum Gasteiger partial charge on any atom is -0.444 e. The molecule has 0 radical (unpaired) electrons. The van der Waals surface area contributed by atoms with E-state index in [0.717, 1.165) is 16.3 Å². The van der Waals surface area contributed by atoms with Gasteiger partial charge >= 0.3 is 6.09 Å². The van der Waals surface area contributed by atoms with Gasteiger partial charge in [0.15, 0.2) is 0 Å². The Morgan fingerprint density at radius 3 is 2.23 bits per heavy atom. The first-order valence-corrected chi connectivity index (χ1v) is 8.98. The Kier molecular flexibility index (Phi) is 4.65. The van der Waals surface area contributed by atoms with E-state index in [1.54, 1.807) is 4.90 Å². The van der Waals surface area contributed by atoms with Gasteiger partial charge in [-0.25, -0.2) is 4.79 Å². The van der Waals surface area contributed by atoms with Crippen molar-refractivity contribution in [2.75, 3.05) is 13.1 Å². The summed E-state index contributed by atoms with van der Waals surface area (Å²) in [4.78, 5) is 26.4. The third-order valence-corrected chi connectivity index (χ3v) is 5.04. The number of nitrogens with two attached hydrogens (primary N) is 1. The predicted octanol–water partition coefficient (Wildman–Crippen LogP) is 3.59. The first-order chi connectivity index (χ1) is 12.2. The Morgan fingerprint density at radius 1 is 1.04 bits per heavy atom. The number of hydrogen-bond donors (Lipinski definition) is 1. The third kappa shape index (κ3) is 3.52. The second-order valence-corrected chi connectivity index (χ2v) is 7.98. The zero-order valence-corrected chi connectivity index (χ0v) is 15.6. The lowest BCUT2D eigenvalue weighted by atomic mass is 9.72. The summed E-state index contributed by atoms with van der Waals surface area (Å²) in [6.45, 7) is 6.43. The summed E-state index contributed by atoms with van der Waals surface area (Å²) in [5.41, 5.74) is 5.47. The van der Waals surface area contributed by atoms with Crippen LogP contribution in [0.25, 0.3) is 10.8 Å². The van der Waals surface area contributed by atoms with Gasteiger partial charge in [0.1, 0.15) is 5.60 Å². The number of amides is 2. The maximum Gasteiger partial charge on any atom is 0.410 e. The molecule has 1 saturated heterocycles. The van der Waals surface area contributed by atoms with Crippen LogP contribution in [0.1, 0.15) is 39.2 Å². The number of piperidine rings is 1. The zero-order chi connectivity index (χ0) is 18.9. The van der Waals surface area contributed by atoms with Gasteiger partial charge in [-0.2, -0.15) is 0 Å². The smallest absolute Gasteiger partial charge is 0.410 e. The van der Waals surface area contributed by atoms with Gasteiger partial charge in [-0.05, 0) is 49.9 Å². The van der Waals surface area contributed by atoms with E-state index in [9.17, 15) is 9.59 Å². The average molecular weight is 354 g/mol. The Morgan fingerprint density at radius 2 is 1.65 bits per heavy atom. The standard InChI is InChI=1S/C21H26N2O3/c1-20(2,3)26-19(25)23-12-10-21(11-13-23,18(22)24)17-9-8-15-6-4-5-7-16(15)14-17/h4-9,14H,10-13H2,1-3H3,(H2,22,24). The number of hydrogen-bond acceptors (Lipinski definition) is 3. The molecule has 2 amide bonds. The molecule has 0 bridgehead atoms. The van der Waals surface area contributed by atoms with Crippen LogP contribution in [0.5, 0.6) is 0 Å². The van der Waals surface area contributed by atoms with Gasteiger partial charge in [0.2, 0.25) is 5.91 Å². The Labute approximate surface area is 154 Å². The van der Waals surface area contributed by atoms with Crippen LogP contribution < -0.4 is 5.73 Å². The van der Waals surface area contributed by atoms with Crippen molar-refractivity contribution >= 4 is 22.8 Å². The van der Waals surface area contributed by atoms with E-state index in [4.69, 9.17) is 10.5 Å². The number of carbonyl (C=O) groups is 2. The molecule has 5 heteroatoms. The van der Waals surface area contributed by atoms with Gasteiger partial charge in [0, 0.05) is 13.1 Å². The maximum absolute atomic E-state index is 12.4. The lowest BCUT2D eigenvalue weighted by molar-refractivity contribution is -0.125. The molecule has 5 nitrogen and oxygen atoms in total. The molecule has 26 heavy (non-hydrogen) atoms. The Bertz CT molecular complexity index is 831. The summed E-state index contributed by atoms with van der Waals surface area (Å²) in [5, 5.41) is 2.21. The molecule has 0 unspecified atom stereocenters. The largest absolute Gasteiger partial charge is 0.444 e. The summed E-state index contributed by atoms with van der Waals surface area (Å²) >= 11 is 0. The van der Waals surface area contributed by atoms with Crippen LogP contribution in [-0.2, 0) is 14.9 Å². The minimum absolute atomic E-state index is 0.336. The number of benzene rings is 2. The average Bonchev–Trinajstić information content (AvgIpc) is 2.59. The third-order valence-electron chi connectivity index (χ3n) is 5.04. The molecular weight excluding hydrogens is 328 g/mol. The highest BCUT2D eigenvalue weighted by Crippen LogP contribution is 2.37. The Hall–Kier alpha value is -2.56. The molecule has 2 aromatic rings. The highest BCUT2D eigenvalue weighted by molar-refractivity contribution is 5.90. The highest BCUT2D eigenvalue weighted by Gasteiger charge is 2.43. The van der Waals surface area contributed by atoms with Crippen LogP contribution in [0.4, 0.5) is 4.79 Å². The van der Waals surface area contributed by atoms with E-state index in [2.05, 4.69) is 0 Å². The first-order valence-electron chi connectivity index (χ1n) is 8.98. The molecule has 2 N–H and O–H groups in total. The van der Waals surface area contributed by atoms with Crippen molar-refractivity contribution in [3.05, 3.63) is 48.0 Å². The number of fused-ring (bicyclic) bond motifs is 1. The monoisotopic (exact) mass is 354 g/mol. The molecule has 1 fully saturated rings. The van der Waals surface area contributed by atoms with Gasteiger partial charge in [0.25, 0.3) is 0 Å². The van der Waals surface area contributed by atoms with E-state index in [0.29, 0.717) is 25.9 Å². The number of nitrogens with zero attached hydrogens (tertiary/aromatic N) is 1. The van der Waals surface area contributed by atoms with Crippen molar-refractivity contribution in [1.29, 1.82) is 0 Å². The van der Waals surface area contributed by atoms with Gasteiger partial charge < -0.3 is 15.4 Å². The van der Waals surface area contributed by atoms with E-state index in [-0.39, 0.29) is 12.0 Å². The molecule has 1 aliphatic heterocycles. The summed E-state index contributed by atoms with van der Waals surface area (Å²) in [5.74, 6) is -0.336. The molecule has 0 aromatic heterocycles. The molecule has 0 saturated carbocycles. The topological polar surface area (TPSA) is 72.6 Å². The quantitative estimate of drug-likeness (QED) is 0.896. The van der Waals surface area contributed by atoms with E-state index < -0.39 is 11.0 Å². The first kappa shape index (κ1) is 18.2. The van der Waals surface area contributed by atoms with Crippen molar-refractivity contribution in [3.63, 3.8) is 0 Å². The maximum atomic E-state index is 12.4. The van der Waals surface area contributed by atoms with E-state index in [1.807, 2.05) is 63.2 Å². The van der Waals surface area contributed by atoms with Crippen LogP contribution in [0.3, 0.4) is 0 Å². The number of likely N-dealkylation sites (tertiary alicyclic amines) is 1. The zero-order valence-electron chi connectivity index (χ0n) is 15.6. The molecular formula is C21H26N2O3. The molecule has 1 heterocycles. The summed E-state index contributed by atoms with van der Waals surface area (Å²) in [6, 6.07) is 14.1. The molecule has 0 atom stereocenters. The molecule has 1 aliphatic rings. The molecule has 138 valence electrons. The SMILES string of the molecule is CC(C)(C)OC(=O)N1CCC(C(N)=O)(c2ccc3ccccc3c2)CC1. The van der Waals surface area contributed by atoms with Crippen molar-refractivity contribution in [2.45, 2.75) is 44.6 Å². The Balaban J connectivity index is 1.84. The van der Waals surface area contributed by atoms with Crippen LogP contribution >= 0.6 is 0 Å². The summed E-state index contributed by atoms with van der Waals surface area (Å²) < 4.78 is 5.44. The number of rotatable bonds is 2. The molecule has 0 aliphatic carbocycles. The van der Waals surface area contributed by atoms with Crippen LogP contribution in [0.2, 0.25) is 0 Å². The van der Waals surface area contributed by atoms with Crippen LogP contribution in [0.15, 0.2) is 42.5 Å². The molecule has 2 aromatic carbocycles. The van der Waals surface area contributed by atoms with Crippen LogP contribution in [-0.4, -0.2) is 35.6 Å². The fourth-order valence-corrected chi connectivity index (χ4v) is 3.56. The second kappa shape index (κ2) is 6.63. The second-order valence-electron chi connectivity index (χ2n) is 7.98. The summed E-state index contributed by atoms with van der Waals surface area (Å²) in [7, 11) is 0. The molecule has 3 rings (SSSR count). The summed E-state index contributed by atoms with van der Waals surface area (Å²) in [6.07, 6.45) is 0.661. The van der Waals surface area contributed by atoms with Crippen molar-refractivity contribution in [1.82, 2.24) is 4.90 Å². The van der Waals surface area contributed by atoms with Crippen molar-refractivity contribution in [3.8, 4) is 0 Å². The lowest BCUT2D eigenvalue weighted by Crippen LogP contribution is -2.52. The molecule has 0 spiro atoms. The normalized spacial score (nSPS) is 17.1. The van der Waals surface area contributed by atoms with Gasteiger partial charge in [0.05, 0.1) is 5.41 Å². The fraction of sp³-hybridized carbons (Fsp3) is 0.429. The number of ether oxygens (including phenoxy) is 1. The predicted molar refractivity (Wildman–Crippen MR) is 102 cm³/mol. The van der Waals surface area contributed by atoms with Crippen molar-refractivity contribution in [2.24, 2.45) is 5.73 Å². The highest BCUT2D eigenvalue weighted by atomic mass is 16.6. The van der Waals surface area contributed by atoms with Crippen LogP contribution in [0, 0.1) is 0 Å². The minimum atomic E-state index is -0.747. The van der Waals surface area contributed by atoms with E-state index >= 15 is 0 Å². The van der Waals surface area contributed by atoms with Gasteiger partial charge in [-0.3, -0.25) is 4.79 Å². The lowest BCUT2D eigenvalue weighted by Gasteiger charge is -2.40. The fourth-order valence-electron chi connectivity index (χ4n) is 3.56. The number of primary amides is 1. The van der Waals surface area contributed by atoms with Gasteiger partial charge in [-0.1, -0.05) is 42.5 Å².